The lowest BCUT2D eigenvalue weighted by Crippen LogP contribution is -2.11. The zero-order valence-electron chi connectivity index (χ0n) is 9.63. The van der Waals surface area contributed by atoms with Crippen molar-refractivity contribution in [2.24, 2.45) is 0 Å². The summed E-state index contributed by atoms with van der Waals surface area (Å²) in [6.45, 7) is 1.99. The number of furan rings is 1. The molecule has 0 saturated carbocycles. The molecular formula is C13H13BrFNO. The summed E-state index contributed by atoms with van der Waals surface area (Å²) < 4.78 is 20.1. The van der Waals surface area contributed by atoms with E-state index in [0.717, 1.165) is 5.76 Å². The Kier molecular flexibility index (Phi) is 3.64. The normalized spacial score (nSPS) is 12.7. The molecule has 17 heavy (non-hydrogen) atoms. The quantitative estimate of drug-likeness (QED) is 0.921. The van der Waals surface area contributed by atoms with Crippen LogP contribution in [-0.4, -0.2) is 7.05 Å². The third kappa shape index (κ3) is 2.58. The van der Waals surface area contributed by atoms with Gasteiger partial charge >= 0.3 is 0 Å². The van der Waals surface area contributed by atoms with Gasteiger partial charge in [-0.15, -0.1) is 0 Å². The van der Waals surface area contributed by atoms with Gasteiger partial charge in [0, 0.05) is 4.47 Å². The van der Waals surface area contributed by atoms with Crippen LogP contribution in [-0.2, 0) is 0 Å². The Hall–Kier alpha value is -1.13. The van der Waals surface area contributed by atoms with E-state index < -0.39 is 0 Å². The van der Waals surface area contributed by atoms with Gasteiger partial charge in [0.1, 0.15) is 17.3 Å². The highest BCUT2D eigenvalue weighted by atomic mass is 79.9. The Morgan fingerprint density at radius 3 is 2.71 bits per heavy atom. The molecule has 2 aromatic rings. The average molecular weight is 298 g/mol. The fourth-order valence-corrected chi connectivity index (χ4v) is 1.90. The summed E-state index contributed by atoms with van der Waals surface area (Å²) in [5.41, 5.74) is 0.475. The van der Waals surface area contributed by atoms with E-state index in [0.29, 0.717) is 15.8 Å². The molecule has 0 spiro atoms. The highest BCUT2D eigenvalue weighted by Crippen LogP contribution is 2.28. The molecule has 1 N–H and O–H groups in total. The summed E-state index contributed by atoms with van der Waals surface area (Å²) in [6.07, 6.45) is 0. The fourth-order valence-electron chi connectivity index (χ4n) is 1.56. The van der Waals surface area contributed by atoms with Crippen LogP contribution < -0.4 is 5.32 Å². The van der Waals surface area contributed by atoms with E-state index in [9.17, 15) is 4.39 Å². The van der Waals surface area contributed by atoms with Crippen LogP contribution in [0.3, 0.4) is 0 Å². The van der Waals surface area contributed by atoms with Crippen LogP contribution in [0.1, 0.15) is 18.7 Å². The van der Waals surface area contributed by atoms with Gasteiger partial charge in [-0.3, -0.25) is 0 Å². The van der Waals surface area contributed by atoms with Crippen LogP contribution in [0.15, 0.2) is 39.2 Å². The second kappa shape index (κ2) is 5.02. The van der Waals surface area contributed by atoms with Crippen LogP contribution in [0.5, 0.6) is 0 Å². The minimum Gasteiger partial charge on any atom is -0.459 e. The second-order valence-corrected chi connectivity index (χ2v) is 4.75. The van der Waals surface area contributed by atoms with Gasteiger partial charge in [-0.05, 0) is 44.3 Å². The molecule has 0 radical (unpaired) electrons. The standard InChI is InChI=1S/C13H13BrFNO/c1-8(16-2)12-5-6-13(17-12)10-4-3-9(14)7-11(10)15/h3-8,16H,1-2H3. The van der Waals surface area contributed by atoms with E-state index in [4.69, 9.17) is 4.42 Å². The van der Waals surface area contributed by atoms with Crippen molar-refractivity contribution in [3.63, 3.8) is 0 Å². The molecule has 0 aliphatic rings. The first kappa shape index (κ1) is 12.3. The lowest BCUT2D eigenvalue weighted by atomic mass is 10.1. The van der Waals surface area contributed by atoms with Gasteiger partial charge in [0.15, 0.2) is 0 Å². The molecule has 0 aliphatic carbocycles. The summed E-state index contributed by atoms with van der Waals surface area (Å²) in [4.78, 5) is 0. The van der Waals surface area contributed by atoms with Crippen molar-refractivity contribution >= 4 is 15.9 Å². The van der Waals surface area contributed by atoms with Crippen molar-refractivity contribution < 1.29 is 8.81 Å². The van der Waals surface area contributed by atoms with Crippen LogP contribution in [0.4, 0.5) is 4.39 Å². The van der Waals surface area contributed by atoms with Gasteiger partial charge in [-0.1, -0.05) is 15.9 Å². The molecule has 0 fully saturated rings. The molecule has 1 heterocycles. The number of hydrogen-bond donors (Lipinski definition) is 1. The summed E-state index contributed by atoms with van der Waals surface area (Å²) in [5, 5.41) is 3.07. The van der Waals surface area contributed by atoms with Crippen molar-refractivity contribution in [2.45, 2.75) is 13.0 Å². The summed E-state index contributed by atoms with van der Waals surface area (Å²) >= 11 is 3.23. The lowest BCUT2D eigenvalue weighted by Gasteiger charge is -2.06. The summed E-state index contributed by atoms with van der Waals surface area (Å²) in [5.74, 6) is 1.05. The number of benzene rings is 1. The highest BCUT2D eigenvalue weighted by molar-refractivity contribution is 9.10. The highest BCUT2D eigenvalue weighted by Gasteiger charge is 2.12. The molecule has 1 atom stereocenters. The minimum absolute atomic E-state index is 0.113. The van der Waals surface area contributed by atoms with Gasteiger partial charge in [0.25, 0.3) is 0 Å². The van der Waals surface area contributed by atoms with Gasteiger partial charge in [-0.2, -0.15) is 0 Å². The third-order valence-electron chi connectivity index (χ3n) is 2.68. The summed E-state index contributed by atoms with van der Waals surface area (Å²) in [7, 11) is 1.85. The molecule has 1 aromatic heterocycles. The van der Waals surface area contributed by atoms with Crippen LogP contribution in [0.2, 0.25) is 0 Å². The Bertz CT molecular complexity index is 524. The van der Waals surface area contributed by atoms with Gasteiger partial charge in [-0.25, -0.2) is 4.39 Å². The van der Waals surface area contributed by atoms with E-state index in [-0.39, 0.29) is 11.9 Å². The zero-order chi connectivity index (χ0) is 12.4. The maximum absolute atomic E-state index is 13.7. The number of rotatable bonds is 3. The second-order valence-electron chi connectivity index (χ2n) is 3.84. The smallest absolute Gasteiger partial charge is 0.137 e. The van der Waals surface area contributed by atoms with Crippen LogP contribution in [0.25, 0.3) is 11.3 Å². The number of halogens is 2. The summed E-state index contributed by atoms with van der Waals surface area (Å²) in [6, 6.07) is 8.68. The molecule has 90 valence electrons. The maximum atomic E-state index is 13.7. The molecule has 1 unspecified atom stereocenters. The first-order chi connectivity index (χ1) is 8.11. The van der Waals surface area contributed by atoms with Crippen molar-refractivity contribution in [1.82, 2.24) is 5.32 Å². The third-order valence-corrected chi connectivity index (χ3v) is 3.18. The fraction of sp³-hybridized carbons (Fsp3) is 0.231. The molecule has 0 saturated heterocycles. The van der Waals surface area contributed by atoms with E-state index in [1.165, 1.54) is 6.07 Å². The van der Waals surface area contributed by atoms with E-state index in [1.54, 1.807) is 18.2 Å². The van der Waals surface area contributed by atoms with Gasteiger partial charge < -0.3 is 9.73 Å². The van der Waals surface area contributed by atoms with E-state index >= 15 is 0 Å². The molecular weight excluding hydrogens is 285 g/mol. The largest absolute Gasteiger partial charge is 0.459 e. The SMILES string of the molecule is CNC(C)c1ccc(-c2ccc(Br)cc2F)o1. The lowest BCUT2D eigenvalue weighted by molar-refractivity contribution is 0.456. The number of nitrogens with one attached hydrogen (secondary N) is 1. The Morgan fingerprint density at radius 1 is 1.29 bits per heavy atom. The molecule has 2 rings (SSSR count). The van der Waals surface area contributed by atoms with Crippen molar-refractivity contribution in [3.05, 3.63) is 46.4 Å². The topological polar surface area (TPSA) is 25.2 Å². The Morgan fingerprint density at radius 2 is 2.06 bits per heavy atom. The molecule has 0 amide bonds. The average Bonchev–Trinajstić information content (AvgIpc) is 2.77. The first-order valence-corrected chi connectivity index (χ1v) is 6.13. The molecule has 0 bridgehead atoms. The Balaban J connectivity index is 2.37. The maximum Gasteiger partial charge on any atom is 0.137 e. The zero-order valence-corrected chi connectivity index (χ0v) is 11.2. The van der Waals surface area contributed by atoms with Crippen LogP contribution >= 0.6 is 15.9 Å². The molecule has 1 aromatic carbocycles. The van der Waals surface area contributed by atoms with E-state index in [1.807, 2.05) is 20.0 Å². The monoisotopic (exact) mass is 297 g/mol. The number of hydrogen-bond acceptors (Lipinski definition) is 2. The van der Waals surface area contributed by atoms with Gasteiger partial charge in [0.05, 0.1) is 11.6 Å². The predicted molar refractivity (Wildman–Crippen MR) is 69.3 cm³/mol. The molecule has 0 aliphatic heterocycles. The van der Waals surface area contributed by atoms with Gasteiger partial charge in [0.2, 0.25) is 0 Å². The van der Waals surface area contributed by atoms with E-state index in [2.05, 4.69) is 21.2 Å². The van der Waals surface area contributed by atoms with Crippen molar-refractivity contribution in [3.8, 4) is 11.3 Å². The predicted octanol–water partition coefficient (Wildman–Crippen LogP) is 4.13. The van der Waals surface area contributed by atoms with Crippen molar-refractivity contribution in [2.75, 3.05) is 7.05 Å². The van der Waals surface area contributed by atoms with Crippen molar-refractivity contribution in [1.29, 1.82) is 0 Å². The minimum atomic E-state index is -0.294. The molecule has 4 heteroatoms. The first-order valence-electron chi connectivity index (χ1n) is 5.34. The van der Waals surface area contributed by atoms with Crippen LogP contribution in [0, 0.1) is 5.82 Å². The molecule has 2 nitrogen and oxygen atoms in total. The Labute approximate surface area is 108 Å².